The Hall–Kier alpha value is -11.4. The lowest BCUT2D eigenvalue weighted by Crippen LogP contribution is -2.61. The minimum absolute atomic E-state index is 0.103. The molecule has 6 heteroatoms. The van der Waals surface area contributed by atoms with Gasteiger partial charge in [0, 0.05) is 61.4 Å². The standard InChI is InChI=1S/C91H74BN5/c1-89(2,3)66-39-45-79-74(51-66)75-52-67(90(4,5)6)40-46-80(75)94(79)70-42-44-77-84(56-70)95(69-41-37-63(57-93)82(55-69)97-78-35-23-22-33-73(78)87-72(34-24-36-81(87)97)61-31-20-13-21-32-61)85-53-68(91(7,8)9)54-86-88(85)92(77)76-43-38-62(58-25-14-10-15-26-58)50-83(76)96(86)71-48-64(59-27-16-11-17-28-59)47-65(49-71)60-29-18-12-19-30-60/h10-56H,1-9H3/i10D,14D,15D,25D,26D. The van der Waals surface area contributed by atoms with Crippen molar-refractivity contribution < 1.29 is 6.85 Å². The van der Waals surface area contributed by atoms with Crippen molar-refractivity contribution in [1.82, 2.24) is 9.13 Å². The van der Waals surface area contributed by atoms with Crippen molar-refractivity contribution in [2.24, 2.45) is 0 Å². The third kappa shape index (κ3) is 9.81. The molecule has 0 spiro atoms. The summed E-state index contributed by atoms with van der Waals surface area (Å²) in [5.74, 6) is 0. The van der Waals surface area contributed by atoms with Gasteiger partial charge in [0.2, 0.25) is 0 Å². The summed E-state index contributed by atoms with van der Waals surface area (Å²) in [5.41, 5.74) is 24.8. The summed E-state index contributed by atoms with van der Waals surface area (Å²) in [6.07, 6.45) is 0. The van der Waals surface area contributed by atoms with Gasteiger partial charge < -0.3 is 18.9 Å². The van der Waals surface area contributed by atoms with Gasteiger partial charge in [0.05, 0.1) is 40.2 Å². The maximum atomic E-state index is 11.5. The van der Waals surface area contributed by atoms with Crippen molar-refractivity contribution in [1.29, 1.82) is 5.26 Å². The van der Waals surface area contributed by atoms with Crippen LogP contribution in [0, 0.1) is 11.3 Å². The molecule has 0 bridgehead atoms. The van der Waals surface area contributed by atoms with Crippen molar-refractivity contribution in [3.8, 4) is 62.0 Å². The van der Waals surface area contributed by atoms with Crippen LogP contribution in [0.5, 0.6) is 0 Å². The van der Waals surface area contributed by atoms with Gasteiger partial charge in [0.25, 0.3) is 6.71 Å². The molecule has 0 radical (unpaired) electrons. The largest absolute Gasteiger partial charge is 0.311 e. The van der Waals surface area contributed by atoms with Crippen LogP contribution in [0.4, 0.5) is 34.1 Å². The second-order valence-electron chi connectivity index (χ2n) is 29.3. The van der Waals surface area contributed by atoms with Crippen LogP contribution in [0.2, 0.25) is 0 Å². The molecule has 0 N–H and O–H groups in total. The van der Waals surface area contributed by atoms with Crippen molar-refractivity contribution >= 4 is 101 Å². The summed E-state index contributed by atoms with van der Waals surface area (Å²) in [6, 6.07) is 92.5. The van der Waals surface area contributed by atoms with E-state index in [9.17, 15) is 8.00 Å². The number of rotatable bonds is 8. The molecular weight excluding hydrogens is 1170 g/mol. The zero-order valence-corrected chi connectivity index (χ0v) is 56.1. The molecule has 0 saturated carbocycles. The Morgan fingerprint density at radius 1 is 0.340 bits per heavy atom. The Kier molecular flexibility index (Phi) is 12.4. The van der Waals surface area contributed by atoms with E-state index in [-0.39, 0.29) is 40.6 Å². The average Bonchev–Trinajstić information content (AvgIpc) is 0.740. The van der Waals surface area contributed by atoms with Gasteiger partial charge >= 0.3 is 0 Å². The van der Waals surface area contributed by atoms with E-state index in [4.69, 9.17) is 4.11 Å². The summed E-state index contributed by atoms with van der Waals surface area (Å²) in [7, 11) is 0. The average molecular weight is 1250 g/mol. The van der Waals surface area contributed by atoms with Gasteiger partial charge in [-0.05, 0) is 197 Å². The molecule has 0 saturated heterocycles. The molecule has 0 atom stereocenters. The Labute approximate surface area is 576 Å². The zero-order valence-electron chi connectivity index (χ0n) is 61.1. The Bertz CT molecular complexity index is 5890. The Morgan fingerprint density at radius 2 is 0.856 bits per heavy atom. The lowest BCUT2D eigenvalue weighted by atomic mass is 9.33. The van der Waals surface area contributed by atoms with Gasteiger partial charge in [-0.3, -0.25) is 0 Å². The number of nitriles is 1. The first-order chi connectivity index (χ1) is 49.0. The van der Waals surface area contributed by atoms with E-state index >= 15 is 0 Å². The van der Waals surface area contributed by atoms with Gasteiger partial charge in [-0.1, -0.05) is 244 Å². The summed E-state index contributed by atoms with van der Waals surface area (Å²) >= 11 is 0. The molecule has 0 fully saturated rings. The first-order valence-electron chi connectivity index (χ1n) is 36.2. The van der Waals surface area contributed by atoms with Crippen LogP contribution < -0.4 is 26.2 Å². The molecule has 0 amide bonds. The number of nitrogens with zero attached hydrogens (tertiary/aromatic N) is 5. The fraction of sp³-hybridized carbons (Fsp3) is 0.132. The van der Waals surface area contributed by atoms with Crippen molar-refractivity contribution in [2.75, 3.05) is 9.80 Å². The van der Waals surface area contributed by atoms with Crippen LogP contribution in [0.25, 0.3) is 99.5 Å². The highest BCUT2D eigenvalue weighted by Crippen LogP contribution is 2.50. The van der Waals surface area contributed by atoms with E-state index in [1.807, 2.05) is 24.3 Å². The highest BCUT2D eigenvalue weighted by atomic mass is 15.2. The number of hydrogen-bond acceptors (Lipinski definition) is 3. The second kappa shape index (κ2) is 22.4. The smallest absolute Gasteiger partial charge is 0.252 e. The molecule has 0 aliphatic carbocycles. The number of anilines is 6. The topological polar surface area (TPSA) is 40.1 Å². The van der Waals surface area contributed by atoms with Gasteiger partial charge in [0.15, 0.2) is 0 Å². The SMILES string of the molecule is [2H]c1c([2H])c([2H])c(-c2ccc3c(c2)N(c2cc(-c4ccccc4)cc(-c4ccccc4)c2)c2cc(C(C)(C)C)cc4c2B3c2ccc(-n3c5ccc(C(C)(C)C)cc5c5cc(C(C)(C)C)ccc53)cc2N4c2ccc(C#N)c(-n3c4ccccc4c4c(-c5ccccc5)cccc43)c2)c([2H])c1[2H]. The molecule has 5 nitrogen and oxygen atoms in total. The minimum Gasteiger partial charge on any atom is -0.311 e. The fourth-order valence-electron chi connectivity index (χ4n) is 15.3. The summed E-state index contributed by atoms with van der Waals surface area (Å²) in [6.45, 7) is 20.1. The molecule has 466 valence electrons. The maximum Gasteiger partial charge on any atom is 0.252 e. The molecule has 2 aliphatic rings. The third-order valence-corrected chi connectivity index (χ3v) is 20.2. The van der Waals surface area contributed by atoms with E-state index < -0.39 is 18.2 Å². The highest BCUT2D eigenvalue weighted by molar-refractivity contribution is 7.00. The molecule has 17 rings (SSSR count). The predicted octanol–water partition coefficient (Wildman–Crippen LogP) is 22.4. The number of hydrogen-bond donors (Lipinski definition) is 0. The van der Waals surface area contributed by atoms with Crippen LogP contribution in [-0.4, -0.2) is 15.8 Å². The number of benzene rings is 13. The molecule has 97 heavy (non-hydrogen) atoms. The van der Waals surface area contributed by atoms with Gasteiger partial charge in [-0.2, -0.15) is 5.26 Å². The Morgan fingerprint density at radius 3 is 1.45 bits per heavy atom. The highest BCUT2D eigenvalue weighted by Gasteiger charge is 2.45. The quantitative estimate of drug-likeness (QED) is 0.142. The third-order valence-electron chi connectivity index (χ3n) is 20.2. The Balaban J connectivity index is 1.00. The number of para-hydroxylation sites is 1. The summed E-state index contributed by atoms with van der Waals surface area (Å²) < 4.78 is 50.3. The minimum atomic E-state index is -0.440. The number of aromatic nitrogens is 2. The fourth-order valence-corrected chi connectivity index (χ4v) is 15.3. The van der Waals surface area contributed by atoms with Gasteiger partial charge in [0.1, 0.15) is 6.07 Å². The van der Waals surface area contributed by atoms with E-state index in [1.165, 1.54) is 21.9 Å². The van der Waals surface area contributed by atoms with Crippen LogP contribution >= 0.6 is 0 Å². The first kappa shape index (κ1) is 53.9. The van der Waals surface area contributed by atoms with Gasteiger partial charge in [-0.25, -0.2) is 0 Å². The maximum absolute atomic E-state index is 11.5. The van der Waals surface area contributed by atoms with Crippen LogP contribution in [-0.2, 0) is 16.2 Å². The molecule has 2 aromatic heterocycles. The molecule has 4 heterocycles. The van der Waals surface area contributed by atoms with Crippen molar-refractivity contribution in [2.45, 2.75) is 78.6 Å². The summed E-state index contributed by atoms with van der Waals surface area (Å²) in [4.78, 5) is 4.83. The lowest BCUT2D eigenvalue weighted by Gasteiger charge is -2.45. The normalized spacial score (nSPS) is 13.6. The van der Waals surface area contributed by atoms with Gasteiger partial charge in [-0.15, -0.1) is 0 Å². The van der Waals surface area contributed by atoms with Crippen LogP contribution in [0.3, 0.4) is 0 Å². The zero-order chi connectivity index (χ0) is 70.6. The van der Waals surface area contributed by atoms with Crippen molar-refractivity contribution in [3.05, 3.63) is 307 Å². The van der Waals surface area contributed by atoms with E-state index in [0.717, 1.165) is 134 Å². The molecule has 2 aliphatic heterocycles. The van der Waals surface area contributed by atoms with E-state index in [0.29, 0.717) is 11.1 Å². The van der Waals surface area contributed by atoms with Crippen LogP contribution in [0.15, 0.2) is 285 Å². The van der Waals surface area contributed by atoms with Crippen molar-refractivity contribution in [3.63, 3.8) is 0 Å². The first-order valence-corrected chi connectivity index (χ1v) is 33.7. The predicted molar refractivity (Wildman–Crippen MR) is 412 cm³/mol. The van der Waals surface area contributed by atoms with Crippen LogP contribution in [0.1, 0.15) is 91.4 Å². The number of fused-ring (bicyclic) bond motifs is 10. The summed E-state index contributed by atoms with van der Waals surface area (Å²) in [5, 5.41) is 16.1. The van der Waals surface area contributed by atoms with E-state index in [2.05, 4.69) is 318 Å². The molecular formula is C91H74BN5. The monoisotopic (exact) mass is 1250 g/mol. The lowest BCUT2D eigenvalue weighted by molar-refractivity contribution is 0.590. The second-order valence-corrected chi connectivity index (χ2v) is 29.3. The molecule has 15 aromatic rings. The molecule has 0 unspecified atom stereocenters. The van der Waals surface area contributed by atoms with E-state index in [1.54, 1.807) is 0 Å². The molecule has 13 aromatic carbocycles.